The number of ether oxygens (including phenoxy) is 2. The van der Waals surface area contributed by atoms with Gasteiger partial charge in [0.25, 0.3) is 10.0 Å². The lowest BCUT2D eigenvalue weighted by molar-refractivity contribution is -0.200. The van der Waals surface area contributed by atoms with Crippen LogP contribution in [0.15, 0.2) is 35.2 Å². The molecule has 3 fully saturated rings. The summed E-state index contributed by atoms with van der Waals surface area (Å²) in [5, 5.41) is 15.8. The molecular formula is C34H35F4N5O5S2. The van der Waals surface area contributed by atoms with Crippen LogP contribution < -0.4 is 20.1 Å². The van der Waals surface area contributed by atoms with Crippen molar-refractivity contribution in [3.8, 4) is 23.7 Å². The Balaban J connectivity index is 1.18. The molecule has 2 aliphatic heterocycles. The Bertz CT molecular complexity index is 1980. The van der Waals surface area contributed by atoms with Gasteiger partial charge in [0.2, 0.25) is 5.91 Å². The Morgan fingerprint density at radius 1 is 1.16 bits per heavy atom. The molecule has 10 nitrogen and oxygen atoms in total. The van der Waals surface area contributed by atoms with Crippen molar-refractivity contribution in [1.29, 1.82) is 5.26 Å². The Kier molecular flexibility index (Phi) is 10.2. The van der Waals surface area contributed by atoms with Crippen LogP contribution in [0.2, 0.25) is 0 Å². The molecular weight excluding hydrogens is 699 g/mol. The summed E-state index contributed by atoms with van der Waals surface area (Å²) in [5.41, 5.74) is 1.16. The van der Waals surface area contributed by atoms with E-state index in [9.17, 15) is 30.8 Å². The number of nitrogens with zero attached hydrogens (tertiary/aromatic N) is 2. The van der Waals surface area contributed by atoms with Crippen molar-refractivity contribution in [3.63, 3.8) is 0 Å². The Morgan fingerprint density at radius 3 is 2.54 bits per heavy atom. The molecule has 1 aromatic heterocycles. The number of nitriles is 1. The molecule has 3 N–H and O–H groups in total. The van der Waals surface area contributed by atoms with Gasteiger partial charge in [0.1, 0.15) is 22.5 Å². The van der Waals surface area contributed by atoms with Gasteiger partial charge >= 0.3 is 6.18 Å². The number of nitrogens with one attached hydrogen (secondary N) is 3. The molecule has 2 saturated heterocycles. The zero-order valence-electron chi connectivity index (χ0n) is 27.1. The first kappa shape index (κ1) is 35.7. The van der Waals surface area contributed by atoms with E-state index >= 15 is 0 Å². The van der Waals surface area contributed by atoms with Crippen LogP contribution >= 0.6 is 11.3 Å². The first-order chi connectivity index (χ1) is 23.8. The minimum atomic E-state index is -4.56. The average molecular weight is 734 g/mol. The van der Waals surface area contributed by atoms with Gasteiger partial charge in [-0.2, -0.15) is 18.4 Å². The van der Waals surface area contributed by atoms with Gasteiger partial charge in [-0.15, -0.1) is 11.3 Å². The summed E-state index contributed by atoms with van der Waals surface area (Å²) in [5.74, 6) is 3.28. The molecule has 16 heteroatoms. The number of sulfonamides is 1. The number of anilines is 2. The van der Waals surface area contributed by atoms with Gasteiger partial charge in [0.05, 0.1) is 47.1 Å². The van der Waals surface area contributed by atoms with E-state index in [-0.39, 0.29) is 34.5 Å². The van der Waals surface area contributed by atoms with Crippen molar-refractivity contribution in [2.24, 2.45) is 5.41 Å². The Hall–Kier alpha value is -4.09. The Labute approximate surface area is 291 Å². The van der Waals surface area contributed by atoms with Crippen LogP contribution in [0.5, 0.6) is 5.75 Å². The SMILES string of the molecule is CC(=O)NS(=O)(=O)c1cc(OCC#N)c(NCC#Cc2sc3c(NC4CCC(N5CC6(COC6)C5)CC4)cccc3c2CC(F)(F)F)cc1F. The highest BCUT2D eigenvalue weighted by Crippen LogP contribution is 2.43. The number of alkyl halides is 3. The molecule has 6 rings (SSSR count). The quantitative estimate of drug-likeness (QED) is 0.185. The van der Waals surface area contributed by atoms with Gasteiger partial charge in [-0.05, 0) is 42.7 Å². The monoisotopic (exact) mass is 733 g/mol. The summed E-state index contributed by atoms with van der Waals surface area (Å²) < 4.78 is 94.0. The maximum Gasteiger partial charge on any atom is 0.393 e. The van der Waals surface area contributed by atoms with Gasteiger partial charge in [0, 0.05) is 49.6 Å². The normalized spacial score (nSPS) is 20.2. The number of fused-ring (bicyclic) bond motifs is 1. The van der Waals surface area contributed by atoms with Crippen molar-refractivity contribution < 1.29 is 40.2 Å². The molecule has 0 unspecified atom stereocenters. The molecule has 50 heavy (non-hydrogen) atoms. The van der Waals surface area contributed by atoms with E-state index in [2.05, 4.69) is 27.4 Å². The summed E-state index contributed by atoms with van der Waals surface area (Å²) in [6, 6.07) is 9.40. The molecule has 0 atom stereocenters. The van der Waals surface area contributed by atoms with Crippen LogP contribution in [-0.2, 0) is 26.0 Å². The molecule has 1 saturated carbocycles. The summed E-state index contributed by atoms with van der Waals surface area (Å²) in [6.45, 7) is 4.16. The fourth-order valence-electron chi connectivity index (χ4n) is 6.83. The van der Waals surface area contributed by atoms with Gasteiger partial charge in [0.15, 0.2) is 6.61 Å². The minimum Gasteiger partial charge on any atom is -0.477 e. The number of carbonyl (C=O) groups is 1. The van der Waals surface area contributed by atoms with E-state index in [0.29, 0.717) is 21.5 Å². The van der Waals surface area contributed by atoms with Gasteiger partial charge in [-0.25, -0.2) is 17.5 Å². The fourth-order valence-corrected chi connectivity index (χ4v) is 9.07. The van der Waals surface area contributed by atoms with Gasteiger partial charge in [-0.3, -0.25) is 9.69 Å². The highest BCUT2D eigenvalue weighted by molar-refractivity contribution is 7.90. The molecule has 3 aromatic rings. The van der Waals surface area contributed by atoms with Crippen LogP contribution in [0, 0.1) is 34.4 Å². The number of thiophene rings is 1. The zero-order valence-corrected chi connectivity index (χ0v) is 28.7. The van der Waals surface area contributed by atoms with E-state index in [1.807, 2.05) is 6.07 Å². The summed E-state index contributed by atoms with van der Waals surface area (Å²) in [4.78, 5) is 13.2. The first-order valence-electron chi connectivity index (χ1n) is 16.0. The number of amides is 1. The zero-order chi connectivity index (χ0) is 35.7. The average Bonchev–Trinajstić information content (AvgIpc) is 3.34. The molecule has 1 amide bonds. The predicted octanol–water partition coefficient (Wildman–Crippen LogP) is 5.39. The highest BCUT2D eigenvalue weighted by Gasteiger charge is 2.50. The van der Waals surface area contributed by atoms with Gasteiger partial charge in [-0.1, -0.05) is 24.0 Å². The van der Waals surface area contributed by atoms with Crippen molar-refractivity contribution in [3.05, 3.63) is 46.6 Å². The molecule has 0 radical (unpaired) electrons. The molecule has 1 spiro atoms. The number of rotatable bonds is 10. The molecule has 266 valence electrons. The van der Waals surface area contributed by atoms with Crippen LogP contribution in [0.4, 0.5) is 28.9 Å². The number of likely N-dealkylation sites (tertiary alicyclic amines) is 1. The first-order valence-corrected chi connectivity index (χ1v) is 18.3. The summed E-state index contributed by atoms with van der Waals surface area (Å²) in [7, 11) is -4.56. The number of hydrogen-bond donors (Lipinski definition) is 3. The van der Waals surface area contributed by atoms with E-state index in [0.717, 1.165) is 76.7 Å². The second-order valence-electron chi connectivity index (χ2n) is 13.0. The second-order valence-corrected chi connectivity index (χ2v) is 15.6. The van der Waals surface area contributed by atoms with Crippen molar-refractivity contribution in [1.82, 2.24) is 9.62 Å². The lowest BCUT2D eigenvalue weighted by Crippen LogP contribution is -2.68. The largest absolute Gasteiger partial charge is 0.477 e. The number of carbonyl (C=O) groups excluding carboxylic acids is 1. The highest BCUT2D eigenvalue weighted by atomic mass is 32.2. The fraction of sp³-hybridized carbons (Fsp3) is 0.471. The number of halogens is 4. The molecule has 3 heterocycles. The topological polar surface area (TPSA) is 133 Å². The lowest BCUT2D eigenvalue weighted by Gasteiger charge is -2.58. The van der Waals surface area contributed by atoms with Crippen molar-refractivity contribution in [2.75, 3.05) is 50.1 Å². The number of hydrogen-bond acceptors (Lipinski definition) is 10. The molecule has 1 aliphatic carbocycles. The summed E-state index contributed by atoms with van der Waals surface area (Å²) >= 11 is 1.17. The summed E-state index contributed by atoms with van der Waals surface area (Å²) in [6.07, 6.45) is -1.61. The standard InChI is InChI=1S/C34H35F4N5O5S2/c1-21(44)42-50(45,46)31-15-29(48-13-11-39)28(14-26(31)35)40-12-3-6-30-25(16-34(36,37)38)24-4-2-5-27(32(24)49-30)41-22-7-9-23(10-8-22)43-17-33(18-43)19-47-20-33/h2,4-5,14-15,22-23,40-41H,7-10,12-13,16-20H2,1H3,(H,42,44). The van der Waals surface area contributed by atoms with E-state index < -0.39 is 45.8 Å². The lowest BCUT2D eigenvalue weighted by atomic mass is 9.75. The Morgan fingerprint density at radius 2 is 1.90 bits per heavy atom. The van der Waals surface area contributed by atoms with E-state index in [4.69, 9.17) is 14.7 Å². The second kappa shape index (κ2) is 14.3. The maximum atomic E-state index is 14.9. The van der Waals surface area contributed by atoms with Gasteiger partial charge < -0.3 is 20.1 Å². The minimum absolute atomic E-state index is 0.0486. The van der Waals surface area contributed by atoms with Crippen LogP contribution in [0.1, 0.15) is 43.0 Å². The third-order valence-corrected chi connectivity index (χ3v) is 11.8. The number of benzene rings is 2. The van der Waals surface area contributed by atoms with Crippen molar-refractivity contribution >= 4 is 48.7 Å². The molecule has 3 aliphatic rings. The smallest absolute Gasteiger partial charge is 0.393 e. The van der Waals surface area contributed by atoms with E-state index in [1.54, 1.807) is 22.9 Å². The van der Waals surface area contributed by atoms with Crippen LogP contribution in [0.3, 0.4) is 0 Å². The molecule has 2 aromatic carbocycles. The third-order valence-electron chi connectivity index (χ3n) is 9.12. The van der Waals surface area contributed by atoms with E-state index in [1.165, 1.54) is 11.3 Å². The maximum absolute atomic E-state index is 14.9. The third kappa shape index (κ3) is 7.94. The van der Waals surface area contributed by atoms with Crippen LogP contribution in [0.25, 0.3) is 10.1 Å². The van der Waals surface area contributed by atoms with Crippen molar-refractivity contribution in [2.45, 2.75) is 62.2 Å². The predicted molar refractivity (Wildman–Crippen MR) is 180 cm³/mol. The molecule has 0 bridgehead atoms. The van der Waals surface area contributed by atoms with Crippen LogP contribution in [-0.4, -0.2) is 76.9 Å².